The van der Waals surface area contributed by atoms with E-state index in [1.165, 1.54) is 11.3 Å². The summed E-state index contributed by atoms with van der Waals surface area (Å²) < 4.78 is 0. The first-order valence-corrected chi connectivity index (χ1v) is 6.62. The normalized spacial score (nSPS) is 25.2. The van der Waals surface area contributed by atoms with Crippen LogP contribution in [0.2, 0.25) is 0 Å². The van der Waals surface area contributed by atoms with Crippen LogP contribution in [0.3, 0.4) is 0 Å². The number of amides is 2. The Kier molecular flexibility index (Phi) is 3.84. The fourth-order valence-corrected chi connectivity index (χ4v) is 2.74. The van der Waals surface area contributed by atoms with Crippen molar-refractivity contribution in [2.75, 3.05) is 6.54 Å². The zero-order chi connectivity index (χ0) is 13.1. The molecule has 1 atom stereocenters. The van der Waals surface area contributed by atoms with E-state index in [1.807, 2.05) is 13.0 Å². The van der Waals surface area contributed by atoms with Crippen molar-refractivity contribution in [3.05, 3.63) is 23.4 Å². The second-order valence-corrected chi connectivity index (χ2v) is 4.75. The van der Waals surface area contributed by atoms with Crippen molar-refractivity contribution in [3.8, 4) is 0 Å². The number of carbonyl (C=O) groups is 2. The third kappa shape index (κ3) is 2.33. The third-order valence-corrected chi connectivity index (χ3v) is 3.66. The van der Waals surface area contributed by atoms with Crippen LogP contribution in [0.25, 0.3) is 0 Å². The van der Waals surface area contributed by atoms with Gasteiger partial charge in [-0.1, -0.05) is 13.0 Å². The smallest absolute Gasteiger partial charge is 0.249 e. The number of piperidine rings is 1. The van der Waals surface area contributed by atoms with Gasteiger partial charge in [-0.3, -0.25) is 14.9 Å². The molecule has 2 heterocycles. The van der Waals surface area contributed by atoms with E-state index in [4.69, 9.17) is 0 Å². The lowest BCUT2D eigenvalue weighted by Gasteiger charge is -2.32. The number of hydrogen-bond acceptors (Lipinski definition) is 3. The maximum absolute atomic E-state index is 11.9. The predicted octanol–water partition coefficient (Wildman–Crippen LogP) is 1.74. The van der Waals surface area contributed by atoms with Crippen LogP contribution in [0.1, 0.15) is 39.5 Å². The topological polar surface area (TPSA) is 49.4 Å². The molecular formula is C14H20N2O2. The second-order valence-electron chi connectivity index (χ2n) is 4.75. The highest BCUT2D eigenvalue weighted by Gasteiger charge is 2.34. The predicted molar refractivity (Wildman–Crippen MR) is 69.6 cm³/mol. The van der Waals surface area contributed by atoms with Crippen molar-refractivity contribution in [3.63, 3.8) is 0 Å². The molecule has 4 heteroatoms. The summed E-state index contributed by atoms with van der Waals surface area (Å²) in [6.07, 6.45) is 7.20. The number of allylic oxidation sites excluding steroid dienone is 2. The maximum atomic E-state index is 11.9. The Morgan fingerprint density at radius 3 is 2.78 bits per heavy atom. The van der Waals surface area contributed by atoms with Crippen LogP contribution in [0.15, 0.2) is 23.4 Å². The summed E-state index contributed by atoms with van der Waals surface area (Å²) in [6.45, 7) is 5.02. The van der Waals surface area contributed by atoms with Gasteiger partial charge in [-0.05, 0) is 37.8 Å². The highest BCUT2D eigenvalue weighted by atomic mass is 16.2. The molecule has 2 aliphatic rings. The minimum Gasteiger partial charge on any atom is -0.359 e. The lowest BCUT2D eigenvalue weighted by molar-refractivity contribution is -0.136. The van der Waals surface area contributed by atoms with Crippen LogP contribution in [0.5, 0.6) is 0 Å². The number of carbonyl (C=O) groups excluding carboxylic acids is 2. The Morgan fingerprint density at radius 2 is 2.17 bits per heavy atom. The molecule has 1 N–H and O–H groups in total. The maximum Gasteiger partial charge on any atom is 0.249 e. The molecule has 2 rings (SSSR count). The van der Waals surface area contributed by atoms with Crippen molar-refractivity contribution in [1.82, 2.24) is 10.2 Å². The number of imide groups is 1. The number of nitrogens with zero attached hydrogens (tertiary/aromatic N) is 1. The van der Waals surface area contributed by atoms with Gasteiger partial charge < -0.3 is 4.90 Å². The zero-order valence-corrected chi connectivity index (χ0v) is 11.0. The van der Waals surface area contributed by atoms with Gasteiger partial charge in [0.25, 0.3) is 0 Å². The van der Waals surface area contributed by atoms with E-state index in [1.54, 1.807) is 0 Å². The molecule has 1 saturated heterocycles. The fourth-order valence-electron chi connectivity index (χ4n) is 2.74. The second kappa shape index (κ2) is 5.38. The lowest BCUT2D eigenvalue weighted by atomic mass is 10.0. The molecule has 1 fully saturated rings. The highest BCUT2D eigenvalue weighted by Crippen LogP contribution is 2.30. The lowest BCUT2D eigenvalue weighted by Crippen LogP contribution is -2.51. The molecule has 1 unspecified atom stereocenters. The SMILES string of the molecule is C/C=C\C1=C(CC)CCN1C1CCC(=O)NC1=O. The molecule has 4 nitrogen and oxygen atoms in total. The summed E-state index contributed by atoms with van der Waals surface area (Å²) in [5.41, 5.74) is 2.58. The van der Waals surface area contributed by atoms with Crippen LogP contribution in [-0.2, 0) is 9.59 Å². The largest absolute Gasteiger partial charge is 0.359 e. The number of rotatable bonds is 3. The van der Waals surface area contributed by atoms with Crippen molar-refractivity contribution >= 4 is 11.8 Å². The number of hydrogen-bond donors (Lipinski definition) is 1. The molecule has 0 aliphatic carbocycles. The van der Waals surface area contributed by atoms with E-state index in [0.29, 0.717) is 12.8 Å². The van der Waals surface area contributed by atoms with Crippen molar-refractivity contribution in [2.24, 2.45) is 0 Å². The van der Waals surface area contributed by atoms with Gasteiger partial charge in [0.15, 0.2) is 0 Å². The Balaban J connectivity index is 2.20. The molecule has 0 aromatic rings. The standard InChI is InChI=1S/C14H20N2O2/c1-3-5-11-10(4-2)8-9-16(11)12-6-7-13(17)15-14(12)18/h3,5,12H,4,6-9H2,1-2H3,(H,15,17,18)/b5-3-. The Hall–Kier alpha value is -1.58. The summed E-state index contributed by atoms with van der Waals surface area (Å²) >= 11 is 0. The van der Waals surface area contributed by atoms with E-state index in [-0.39, 0.29) is 17.9 Å². The summed E-state index contributed by atoms with van der Waals surface area (Å²) in [4.78, 5) is 25.3. The molecule has 0 radical (unpaired) electrons. The van der Waals surface area contributed by atoms with Gasteiger partial charge >= 0.3 is 0 Å². The van der Waals surface area contributed by atoms with E-state index in [2.05, 4.69) is 23.2 Å². The molecule has 0 aromatic heterocycles. The van der Waals surface area contributed by atoms with Crippen molar-refractivity contribution in [1.29, 1.82) is 0 Å². The average molecular weight is 248 g/mol. The molecule has 0 aromatic carbocycles. The first-order chi connectivity index (χ1) is 8.67. The monoisotopic (exact) mass is 248 g/mol. The van der Waals surface area contributed by atoms with E-state index in [9.17, 15) is 9.59 Å². The van der Waals surface area contributed by atoms with Gasteiger partial charge in [0, 0.05) is 18.7 Å². The van der Waals surface area contributed by atoms with Crippen LogP contribution in [0, 0.1) is 0 Å². The molecule has 0 saturated carbocycles. The first-order valence-electron chi connectivity index (χ1n) is 6.62. The Morgan fingerprint density at radius 1 is 1.39 bits per heavy atom. The van der Waals surface area contributed by atoms with Crippen LogP contribution in [-0.4, -0.2) is 29.3 Å². The Bertz CT molecular complexity index is 424. The molecular weight excluding hydrogens is 228 g/mol. The summed E-state index contributed by atoms with van der Waals surface area (Å²) in [6, 6.07) is -0.182. The molecule has 0 bridgehead atoms. The van der Waals surface area contributed by atoms with Gasteiger partial charge in [0.05, 0.1) is 0 Å². The minimum absolute atomic E-state index is 0.148. The van der Waals surface area contributed by atoms with E-state index < -0.39 is 0 Å². The van der Waals surface area contributed by atoms with Gasteiger partial charge in [-0.25, -0.2) is 0 Å². The van der Waals surface area contributed by atoms with Crippen LogP contribution >= 0.6 is 0 Å². The summed E-state index contributed by atoms with van der Waals surface area (Å²) in [7, 11) is 0. The average Bonchev–Trinajstić information content (AvgIpc) is 2.73. The van der Waals surface area contributed by atoms with Gasteiger partial charge in [-0.2, -0.15) is 0 Å². The van der Waals surface area contributed by atoms with Crippen molar-refractivity contribution < 1.29 is 9.59 Å². The molecule has 2 amide bonds. The minimum atomic E-state index is -0.182. The quantitative estimate of drug-likeness (QED) is 0.774. The molecule has 18 heavy (non-hydrogen) atoms. The molecule has 2 aliphatic heterocycles. The Labute approximate surface area is 108 Å². The number of nitrogens with one attached hydrogen (secondary N) is 1. The third-order valence-electron chi connectivity index (χ3n) is 3.66. The molecule has 0 spiro atoms. The molecule has 98 valence electrons. The van der Waals surface area contributed by atoms with Gasteiger partial charge in [-0.15, -0.1) is 0 Å². The zero-order valence-electron chi connectivity index (χ0n) is 11.0. The first kappa shape index (κ1) is 12.9. The summed E-state index contributed by atoms with van der Waals surface area (Å²) in [5.74, 6) is -0.298. The van der Waals surface area contributed by atoms with Gasteiger partial charge in [0.1, 0.15) is 6.04 Å². The van der Waals surface area contributed by atoms with E-state index >= 15 is 0 Å². The van der Waals surface area contributed by atoms with Gasteiger partial charge in [0.2, 0.25) is 11.8 Å². The fraction of sp³-hybridized carbons (Fsp3) is 0.571. The van der Waals surface area contributed by atoms with Crippen LogP contribution in [0.4, 0.5) is 0 Å². The summed E-state index contributed by atoms with van der Waals surface area (Å²) in [5, 5.41) is 2.44. The van der Waals surface area contributed by atoms with Crippen LogP contribution < -0.4 is 5.32 Å². The van der Waals surface area contributed by atoms with E-state index in [0.717, 1.165) is 19.4 Å². The highest BCUT2D eigenvalue weighted by molar-refractivity contribution is 6.00. The van der Waals surface area contributed by atoms with Crippen molar-refractivity contribution in [2.45, 2.75) is 45.6 Å².